The predicted octanol–water partition coefficient (Wildman–Crippen LogP) is 3.25. The minimum atomic E-state index is -0.602. The highest BCUT2D eigenvalue weighted by Gasteiger charge is 2.35. The van der Waals surface area contributed by atoms with E-state index in [9.17, 15) is 9.59 Å². The fourth-order valence-electron chi connectivity index (χ4n) is 3.39. The first kappa shape index (κ1) is 19.1. The van der Waals surface area contributed by atoms with E-state index < -0.39 is 12.1 Å². The van der Waals surface area contributed by atoms with Gasteiger partial charge >= 0.3 is 0 Å². The lowest BCUT2D eigenvalue weighted by Gasteiger charge is -2.37. The van der Waals surface area contributed by atoms with E-state index >= 15 is 0 Å². The van der Waals surface area contributed by atoms with Crippen molar-refractivity contribution in [3.8, 4) is 0 Å². The van der Waals surface area contributed by atoms with Crippen molar-refractivity contribution in [2.75, 3.05) is 18.5 Å². The van der Waals surface area contributed by atoms with Crippen LogP contribution in [-0.2, 0) is 20.9 Å². The number of para-hydroxylation sites is 1. The number of carbonyl (C=O) groups excluding carboxylic acids is 2. The second-order valence-corrected chi connectivity index (χ2v) is 6.87. The number of hydrogen-bond acceptors (Lipinski definition) is 3. The number of rotatable bonds is 6. The molecule has 5 heteroatoms. The Hall–Kier alpha value is -2.66. The average Bonchev–Trinajstić information content (AvgIpc) is 2.72. The Morgan fingerprint density at radius 2 is 1.78 bits per heavy atom. The van der Waals surface area contributed by atoms with Gasteiger partial charge in [0, 0.05) is 19.3 Å². The zero-order valence-electron chi connectivity index (χ0n) is 15.9. The maximum Gasteiger partial charge on any atom is 0.251 e. The molecule has 1 aliphatic heterocycles. The molecule has 2 atom stereocenters. The second-order valence-electron chi connectivity index (χ2n) is 6.87. The molecular formula is C22H26N2O3. The van der Waals surface area contributed by atoms with Crippen molar-refractivity contribution in [1.82, 2.24) is 4.90 Å². The molecular weight excluding hydrogens is 340 g/mol. The van der Waals surface area contributed by atoms with Gasteiger partial charge in [-0.25, -0.2) is 0 Å². The fourth-order valence-corrected chi connectivity index (χ4v) is 3.39. The molecule has 2 amide bonds. The molecule has 0 spiro atoms. The van der Waals surface area contributed by atoms with Gasteiger partial charge in [0.2, 0.25) is 5.91 Å². The summed E-state index contributed by atoms with van der Waals surface area (Å²) in [6, 6.07) is 18.9. The third-order valence-corrected chi connectivity index (χ3v) is 4.98. The quantitative estimate of drug-likeness (QED) is 0.789. The highest BCUT2D eigenvalue weighted by atomic mass is 16.5. The smallest absolute Gasteiger partial charge is 0.251 e. The normalized spacial score (nSPS) is 18.2. The van der Waals surface area contributed by atoms with Crippen LogP contribution in [0.2, 0.25) is 0 Å². The molecule has 0 aliphatic carbocycles. The predicted molar refractivity (Wildman–Crippen MR) is 105 cm³/mol. The second kappa shape index (κ2) is 8.82. The van der Waals surface area contributed by atoms with E-state index in [2.05, 4.69) is 0 Å². The monoisotopic (exact) mass is 366 g/mol. The van der Waals surface area contributed by atoms with Gasteiger partial charge in [0.05, 0.1) is 6.61 Å². The zero-order valence-corrected chi connectivity index (χ0v) is 15.9. The van der Waals surface area contributed by atoms with E-state index in [1.54, 1.807) is 23.8 Å². The van der Waals surface area contributed by atoms with E-state index in [-0.39, 0.29) is 11.8 Å². The van der Waals surface area contributed by atoms with Crippen LogP contribution in [0.4, 0.5) is 5.69 Å². The summed E-state index contributed by atoms with van der Waals surface area (Å²) in [5.74, 6) is -0.197. The van der Waals surface area contributed by atoms with Gasteiger partial charge in [-0.15, -0.1) is 0 Å². The number of nitrogens with zero attached hydrogens (tertiary/aromatic N) is 2. The van der Waals surface area contributed by atoms with Crippen LogP contribution >= 0.6 is 0 Å². The molecule has 0 radical (unpaired) electrons. The van der Waals surface area contributed by atoms with Crippen LogP contribution in [0.25, 0.3) is 0 Å². The molecule has 2 aromatic carbocycles. The Morgan fingerprint density at radius 3 is 2.44 bits per heavy atom. The summed E-state index contributed by atoms with van der Waals surface area (Å²) in [5.41, 5.74) is 1.89. The van der Waals surface area contributed by atoms with Gasteiger partial charge in [-0.2, -0.15) is 0 Å². The first-order chi connectivity index (χ1) is 13.1. The molecule has 1 fully saturated rings. The number of benzene rings is 2. The van der Waals surface area contributed by atoms with Gasteiger partial charge in [0.25, 0.3) is 5.91 Å². The van der Waals surface area contributed by atoms with Crippen LogP contribution in [0.1, 0.15) is 25.3 Å². The largest absolute Gasteiger partial charge is 0.364 e. The molecule has 142 valence electrons. The SMILES string of the molecule is CC(OCc1ccccc1)C(=O)N(C)C1CCCN(c2ccccc2)C1=O. The summed E-state index contributed by atoms with van der Waals surface area (Å²) >= 11 is 0. The zero-order chi connectivity index (χ0) is 19.2. The minimum absolute atomic E-state index is 0.0291. The Labute approximate surface area is 160 Å². The number of likely N-dealkylation sites (N-methyl/N-ethyl adjacent to an activating group) is 1. The third-order valence-electron chi connectivity index (χ3n) is 4.98. The molecule has 1 aliphatic rings. The van der Waals surface area contributed by atoms with Crippen LogP contribution in [0, 0.1) is 0 Å². The Kier molecular flexibility index (Phi) is 6.24. The minimum Gasteiger partial charge on any atom is -0.364 e. The maximum absolute atomic E-state index is 13.0. The first-order valence-electron chi connectivity index (χ1n) is 9.36. The summed E-state index contributed by atoms with van der Waals surface area (Å²) in [5, 5.41) is 0. The topological polar surface area (TPSA) is 49.9 Å². The van der Waals surface area contributed by atoms with Crippen LogP contribution in [-0.4, -0.2) is 42.5 Å². The van der Waals surface area contributed by atoms with Crippen LogP contribution < -0.4 is 4.90 Å². The molecule has 2 aromatic rings. The lowest BCUT2D eigenvalue weighted by atomic mass is 10.0. The summed E-state index contributed by atoms with van der Waals surface area (Å²) in [6.07, 6.45) is 0.938. The molecule has 2 unspecified atom stereocenters. The molecule has 3 rings (SSSR count). The van der Waals surface area contributed by atoms with E-state index in [0.29, 0.717) is 19.6 Å². The molecule has 0 aromatic heterocycles. The van der Waals surface area contributed by atoms with Crippen LogP contribution in [0.3, 0.4) is 0 Å². The summed E-state index contributed by atoms with van der Waals surface area (Å²) < 4.78 is 5.73. The third kappa shape index (κ3) is 4.55. The first-order valence-corrected chi connectivity index (χ1v) is 9.36. The summed E-state index contributed by atoms with van der Waals surface area (Å²) in [6.45, 7) is 2.79. The van der Waals surface area contributed by atoms with Gasteiger partial charge in [0.15, 0.2) is 0 Å². The van der Waals surface area contributed by atoms with E-state index in [1.807, 2.05) is 60.7 Å². The molecule has 1 saturated heterocycles. The van der Waals surface area contributed by atoms with E-state index in [1.165, 1.54) is 0 Å². The van der Waals surface area contributed by atoms with E-state index in [0.717, 1.165) is 17.7 Å². The van der Waals surface area contributed by atoms with Crippen LogP contribution in [0.5, 0.6) is 0 Å². The van der Waals surface area contributed by atoms with E-state index in [4.69, 9.17) is 4.74 Å². The molecule has 0 N–H and O–H groups in total. The molecule has 27 heavy (non-hydrogen) atoms. The van der Waals surface area contributed by atoms with Crippen molar-refractivity contribution < 1.29 is 14.3 Å². The molecule has 0 bridgehead atoms. The Morgan fingerprint density at radius 1 is 1.15 bits per heavy atom. The van der Waals surface area contributed by atoms with Crippen molar-refractivity contribution in [1.29, 1.82) is 0 Å². The number of anilines is 1. The van der Waals surface area contributed by atoms with Crippen molar-refractivity contribution in [2.45, 2.75) is 38.5 Å². The van der Waals surface area contributed by atoms with Gasteiger partial charge in [0.1, 0.15) is 12.1 Å². The van der Waals surface area contributed by atoms with Crippen molar-refractivity contribution >= 4 is 17.5 Å². The maximum atomic E-state index is 13.0. The number of amides is 2. The Bertz CT molecular complexity index is 764. The van der Waals surface area contributed by atoms with Gasteiger partial charge in [-0.3, -0.25) is 9.59 Å². The van der Waals surface area contributed by atoms with Gasteiger partial charge in [-0.1, -0.05) is 48.5 Å². The molecule has 5 nitrogen and oxygen atoms in total. The van der Waals surface area contributed by atoms with Crippen molar-refractivity contribution in [3.05, 3.63) is 66.2 Å². The number of ether oxygens (including phenoxy) is 1. The highest BCUT2D eigenvalue weighted by Crippen LogP contribution is 2.23. The van der Waals surface area contributed by atoms with Crippen molar-refractivity contribution in [2.24, 2.45) is 0 Å². The average molecular weight is 366 g/mol. The molecule has 0 saturated carbocycles. The highest BCUT2D eigenvalue weighted by molar-refractivity contribution is 6.00. The summed E-state index contributed by atoms with van der Waals surface area (Å²) in [7, 11) is 1.70. The summed E-state index contributed by atoms with van der Waals surface area (Å²) in [4.78, 5) is 29.1. The lowest BCUT2D eigenvalue weighted by Crippen LogP contribution is -2.54. The molecule has 1 heterocycles. The van der Waals surface area contributed by atoms with Gasteiger partial charge < -0.3 is 14.5 Å². The Balaban J connectivity index is 1.62. The standard InChI is InChI=1S/C22H26N2O3/c1-17(27-16-18-10-5-3-6-11-18)21(25)23(2)20-14-9-15-24(22(20)26)19-12-7-4-8-13-19/h3-8,10-13,17,20H,9,14-16H2,1-2H3. The number of carbonyl (C=O) groups is 2. The number of piperidine rings is 1. The van der Waals surface area contributed by atoms with Crippen LogP contribution in [0.15, 0.2) is 60.7 Å². The van der Waals surface area contributed by atoms with Gasteiger partial charge in [-0.05, 0) is 37.5 Å². The fraction of sp³-hybridized carbons (Fsp3) is 0.364. The van der Waals surface area contributed by atoms with Crippen molar-refractivity contribution in [3.63, 3.8) is 0 Å². The lowest BCUT2D eigenvalue weighted by molar-refractivity contribution is -0.148. The number of hydrogen-bond donors (Lipinski definition) is 0.